The van der Waals surface area contributed by atoms with Gasteiger partial charge in [0.05, 0.1) is 12.3 Å². The highest BCUT2D eigenvalue weighted by Crippen LogP contribution is 2.18. The number of benzene rings is 1. The first-order valence-electron chi connectivity index (χ1n) is 9.21. The molecular weight excluding hydrogens is 422 g/mol. The van der Waals surface area contributed by atoms with Gasteiger partial charge in [0.15, 0.2) is 11.5 Å². The molecule has 10 heteroatoms. The van der Waals surface area contributed by atoms with Crippen LogP contribution in [0, 0.1) is 0 Å². The molecule has 0 bridgehead atoms. The van der Waals surface area contributed by atoms with Crippen LogP contribution in [0.3, 0.4) is 0 Å². The maximum absolute atomic E-state index is 12.5. The third-order valence-electron chi connectivity index (χ3n) is 4.22. The number of fused-ring (bicyclic) bond motifs is 1. The minimum atomic E-state index is -3.32. The number of carbonyl (C=O) groups is 1. The van der Waals surface area contributed by atoms with E-state index in [1.165, 1.54) is 6.08 Å². The molecule has 1 atom stereocenters. The van der Waals surface area contributed by atoms with Gasteiger partial charge >= 0.3 is 0 Å². The van der Waals surface area contributed by atoms with E-state index in [4.69, 9.17) is 0 Å². The summed E-state index contributed by atoms with van der Waals surface area (Å²) in [7, 11) is -3.32. The quantitative estimate of drug-likeness (QED) is 0.491. The van der Waals surface area contributed by atoms with Gasteiger partial charge in [0.25, 0.3) is 0 Å². The second-order valence-corrected chi connectivity index (χ2v) is 9.39. The largest absolute Gasteiger partial charge is 0.342 e. The lowest BCUT2D eigenvalue weighted by atomic mass is 10.2. The molecule has 0 saturated carbocycles. The Balaban J connectivity index is 1.70. The number of carbonyl (C=O) groups excluding carboxylic acids is 1. The van der Waals surface area contributed by atoms with Crippen LogP contribution in [0.25, 0.3) is 11.7 Å². The molecule has 0 aliphatic carbocycles. The van der Waals surface area contributed by atoms with Gasteiger partial charge in [-0.1, -0.05) is 18.2 Å². The van der Waals surface area contributed by atoms with E-state index < -0.39 is 10.0 Å². The molecule has 0 fully saturated rings. The molecule has 2 aromatic heterocycles. The number of nitrogens with one attached hydrogen (secondary N) is 2. The van der Waals surface area contributed by atoms with E-state index in [2.05, 4.69) is 20.2 Å². The summed E-state index contributed by atoms with van der Waals surface area (Å²) in [6, 6.07) is 12.1. The Morgan fingerprint density at radius 1 is 1.20 bits per heavy atom. The Kier molecular flexibility index (Phi) is 7.11. The second kappa shape index (κ2) is 9.77. The van der Waals surface area contributed by atoms with Gasteiger partial charge in [-0.15, -0.1) is 10.2 Å². The molecule has 1 unspecified atom stereocenters. The Hall–Kier alpha value is -2.85. The van der Waals surface area contributed by atoms with Crippen LogP contribution < -0.4 is 10.0 Å². The minimum absolute atomic E-state index is 0.243. The van der Waals surface area contributed by atoms with E-state index in [0.29, 0.717) is 11.5 Å². The summed E-state index contributed by atoms with van der Waals surface area (Å²) >= 11 is 1.70. The van der Waals surface area contributed by atoms with Crippen molar-refractivity contribution in [3.63, 3.8) is 0 Å². The maximum Gasteiger partial charge on any atom is 0.244 e. The Bertz CT molecular complexity index is 1140. The zero-order chi connectivity index (χ0) is 21.6. The number of pyridine rings is 1. The van der Waals surface area contributed by atoms with Gasteiger partial charge in [0, 0.05) is 18.0 Å². The highest BCUT2D eigenvalue weighted by Gasteiger charge is 2.19. The first kappa shape index (κ1) is 21.8. The van der Waals surface area contributed by atoms with Crippen LogP contribution in [0.15, 0.2) is 54.7 Å². The molecule has 158 valence electrons. The highest BCUT2D eigenvalue weighted by molar-refractivity contribution is 7.98. The predicted octanol–water partition coefficient (Wildman–Crippen LogP) is 2.72. The molecular formula is C20H23N5O3S2. The lowest BCUT2D eigenvalue weighted by Gasteiger charge is -2.16. The van der Waals surface area contributed by atoms with E-state index in [-0.39, 0.29) is 11.9 Å². The SMILES string of the molecule is CSCCC(NC(=O)/C=C/c1ccc(NS(C)(=O)=O)cc1)c1nnc2ccccn12. The van der Waals surface area contributed by atoms with Crippen molar-refractivity contribution in [1.29, 1.82) is 0 Å². The summed E-state index contributed by atoms with van der Waals surface area (Å²) in [6.07, 6.45) is 8.84. The van der Waals surface area contributed by atoms with Crippen LogP contribution in [-0.2, 0) is 14.8 Å². The van der Waals surface area contributed by atoms with Crippen molar-refractivity contribution in [1.82, 2.24) is 19.9 Å². The average Bonchev–Trinajstić information content (AvgIpc) is 3.13. The van der Waals surface area contributed by atoms with Crippen molar-refractivity contribution >= 4 is 45.1 Å². The van der Waals surface area contributed by atoms with E-state index in [1.807, 2.05) is 35.1 Å². The molecule has 3 aromatic rings. The number of aromatic nitrogens is 3. The topological polar surface area (TPSA) is 105 Å². The van der Waals surface area contributed by atoms with Crippen LogP contribution in [0.1, 0.15) is 23.9 Å². The molecule has 0 aliphatic heterocycles. The number of sulfonamides is 1. The van der Waals surface area contributed by atoms with E-state index in [0.717, 1.165) is 29.6 Å². The summed E-state index contributed by atoms with van der Waals surface area (Å²) in [6.45, 7) is 0. The van der Waals surface area contributed by atoms with E-state index >= 15 is 0 Å². The third-order valence-corrected chi connectivity index (χ3v) is 5.47. The standard InChI is InChI=1S/C20H23N5O3S2/c1-29-14-12-17(20-23-22-18-5-3-4-13-25(18)20)21-19(26)11-8-15-6-9-16(10-7-15)24-30(2,27)28/h3-11,13,17,24H,12,14H2,1-2H3,(H,21,26)/b11-8+. The fraction of sp³-hybridized carbons (Fsp3) is 0.250. The van der Waals surface area contributed by atoms with Crippen LogP contribution in [0.4, 0.5) is 5.69 Å². The normalized spacial score (nSPS) is 12.9. The summed E-state index contributed by atoms with van der Waals surface area (Å²) in [5.41, 5.74) is 1.97. The lowest BCUT2D eigenvalue weighted by Crippen LogP contribution is -2.29. The summed E-state index contributed by atoms with van der Waals surface area (Å²) in [5.74, 6) is 1.32. The molecule has 2 heterocycles. The predicted molar refractivity (Wildman–Crippen MR) is 121 cm³/mol. The molecule has 0 saturated heterocycles. The van der Waals surface area contributed by atoms with Crippen LogP contribution >= 0.6 is 11.8 Å². The van der Waals surface area contributed by atoms with Crippen molar-refractivity contribution in [2.45, 2.75) is 12.5 Å². The maximum atomic E-state index is 12.5. The van der Waals surface area contributed by atoms with Crippen LogP contribution in [-0.4, -0.2) is 47.2 Å². The number of anilines is 1. The van der Waals surface area contributed by atoms with E-state index in [9.17, 15) is 13.2 Å². The highest BCUT2D eigenvalue weighted by atomic mass is 32.2. The fourth-order valence-corrected chi connectivity index (χ4v) is 3.90. The molecule has 2 N–H and O–H groups in total. The van der Waals surface area contributed by atoms with E-state index in [1.54, 1.807) is 42.1 Å². The lowest BCUT2D eigenvalue weighted by molar-refractivity contribution is -0.117. The average molecular weight is 446 g/mol. The van der Waals surface area contributed by atoms with Crippen LogP contribution in [0.2, 0.25) is 0 Å². The minimum Gasteiger partial charge on any atom is -0.342 e. The zero-order valence-corrected chi connectivity index (χ0v) is 18.3. The van der Waals surface area contributed by atoms with Crippen molar-refractivity contribution in [3.8, 4) is 0 Å². The van der Waals surface area contributed by atoms with Crippen molar-refractivity contribution in [2.75, 3.05) is 23.0 Å². The van der Waals surface area contributed by atoms with Crippen molar-refractivity contribution < 1.29 is 13.2 Å². The summed E-state index contributed by atoms with van der Waals surface area (Å²) in [5, 5.41) is 11.4. The Morgan fingerprint density at radius 3 is 2.67 bits per heavy atom. The number of hydrogen-bond acceptors (Lipinski definition) is 6. The Labute approximate surface area is 179 Å². The van der Waals surface area contributed by atoms with Crippen molar-refractivity contribution in [3.05, 3.63) is 66.1 Å². The smallest absolute Gasteiger partial charge is 0.244 e. The van der Waals surface area contributed by atoms with Crippen molar-refractivity contribution in [2.24, 2.45) is 0 Å². The number of hydrogen-bond donors (Lipinski definition) is 2. The first-order valence-corrected chi connectivity index (χ1v) is 12.5. The number of rotatable bonds is 9. The molecule has 3 rings (SSSR count). The molecule has 1 amide bonds. The zero-order valence-electron chi connectivity index (χ0n) is 16.6. The summed E-state index contributed by atoms with van der Waals surface area (Å²) in [4.78, 5) is 12.5. The second-order valence-electron chi connectivity index (χ2n) is 6.66. The van der Waals surface area contributed by atoms with Gasteiger partial charge in [-0.25, -0.2) is 8.42 Å². The van der Waals surface area contributed by atoms with Gasteiger partial charge in [0.1, 0.15) is 0 Å². The van der Waals surface area contributed by atoms with Gasteiger partial charge < -0.3 is 5.32 Å². The van der Waals surface area contributed by atoms with Gasteiger partial charge in [-0.2, -0.15) is 11.8 Å². The molecule has 0 spiro atoms. The summed E-state index contributed by atoms with van der Waals surface area (Å²) < 4.78 is 26.8. The fourth-order valence-electron chi connectivity index (χ4n) is 2.87. The first-order chi connectivity index (χ1) is 14.4. The monoisotopic (exact) mass is 445 g/mol. The van der Waals surface area contributed by atoms with Gasteiger partial charge in [-0.05, 0) is 54.3 Å². The van der Waals surface area contributed by atoms with Gasteiger partial charge in [0.2, 0.25) is 15.9 Å². The molecule has 1 aromatic carbocycles. The molecule has 30 heavy (non-hydrogen) atoms. The molecule has 8 nitrogen and oxygen atoms in total. The molecule has 0 aliphatic rings. The third kappa shape index (κ3) is 6.07. The number of nitrogens with zero attached hydrogens (tertiary/aromatic N) is 3. The van der Waals surface area contributed by atoms with Crippen LogP contribution in [0.5, 0.6) is 0 Å². The number of thioether (sulfide) groups is 1. The Morgan fingerprint density at radius 2 is 1.97 bits per heavy atom. The molecule has 0 radical (unpaired) electrons. The van der Waals surface area contributed by atoms with Gasteiger partial charge in [-0.3, -0.25) is 13.9 Å². The number of amides is 1.